The lowest BCUT2D eigenvalue weighted by atomic mass is 10.1. The summed E-state index contributed by atoms with van der Waals surface area (Å²) < 4.78 is 11.1. The number of hydrogen-bond acceptors (Lipinski definition) is 7. The van der Waals surface area contributed by atoms with Crippen molar-refractivity contribution >= 4 is 28.3 Å². The molecule has 8 nitrogen and oxygen atoms in total. The summed E-state index contributed by atoms with van der Waals surface area (Å²) in [5, 5.41) is 13.8. The molecule has 0 atom stereocenters. The Morgan fingerprint density at radius 2 is 1.69 bits per heavy atom. The number of fused-ring (bicyclic) bond motifs is 1. The zero-order chi connectivity index (χ0) is 18.3. The molecular formula is C18H10N2O6. The Kier molecular flexibility index (Phi) is 3.51. The summed E-state index contributed by atoms with van der Waals surface area (Å²) in [5.74, 6) is -1.92. The second-order valence-electron chi connectivity index (χ2n) is 5.42. The van der Waals surface area contributed by atoms with Crippen molar-refractivity contribution in [3.8, 4) is 5.88 Å². The van der Waals surface area contributed by atoms with E-state index in [0.717, 1.165) is 4.57 Å². The van der Waals surface area contributed by atoms with Gasteiger partial charge in [-0.1, -0.05) is 0 Å². The van der Waals surface area contributed by atoms with Crippen molar-refractivity contribution in [2.75, 3.05) is 0 Å². The molecule has 1 aromatic carbocycles. The molecule has 0 fully saturated rings. The Morgan fingerprint density at radius 3 is 2.31 bits per heavy atom. The minimum absolute atomic E-state index is 0.00221. The first-order chi connectivity index (χ1) is 12.6. The van der Waals surface area contributed by atoms with Crippen LogP contribution in [0.3, 0.4) is 0 Å². The second kappa shape index (κ2) is 5.85. The number of carbonyl (C=O) groups excluding carboxylic acids is 2. The predicted molar refractivity (Wildman–Crippen MR) is 89.6 cm³/mol. The Labute approximate surface area is 145 Å². The lowest BCUT2D eigenvalue weighted by Crippen LogP contribution is -2.11. The maximum Gasteiger partial charge on any atom is 0.300 e. The van der Waals surface area contributed by atoms with Crippen molar-refractivity contribution in [2.45, 2.75) is 0 Å². The van der Waals surface area contributed by atoms with Gasteiger partial charge in [0.2, 0.25) is 11.7 Å². The minimum Gasteiger partial charge on any atom is -0.494 e. The number of furan rings is 2. The molecule has 3 heterocycles. The van der Waals surface area contributed by atoms with Crippen LogP contribution in [0.4, 0.5) is 5.69 Å². The van der Waals surface area contributed by atoms with E-state index in [0.29, 0.717) is 0 Å². The lowest BCUT2D eigenvalue weighted by molar-refractivity contribution is 0.0928. The number of benzene rings is 1. The van der Waals surface area contributed by atoms with Crippen molar-refractivity contribution in [3.63, 3.8) is 0 Å². The van der Waals surface area contributed by atoms with Gasteiger partial charge in [-0.05, 0) is 47.6 Å². The molecule has 0 amide bonds. The number of rotatable bonds is 4. The molecule has 4 rings (SSSR count). The van der Waals surface area contributed by atoms with Crippen LogP contribution in [0, 0.1) is 4.91 Å². The van der Waals surface area contributed by atoms with Crippen molar-refractivity contribution in [1.82, 2.24) is 4.57 Å². The van der Waals surface area contributed by atoms with Gasteiger partial charge in [0.15, 0.2) is 11.5 Å². The van der Waals surface area contributed by atoms with Gasteiger partial charge in [0, 0.05) is 5.39 Å². The average molecular weight is 350 g/mol. The van der Waals surface area contributed by atoms with Crippen LogP contribution in [0.1, 0.15) is 26.7 Å². The Hall–Kier alpha value is -3.94. The van der Waals surface area contributed by atoms with E-state index in [2.05, 4.69) is 5.18 Å². The third-order valence-corrected chi connectivity index (χ3v) is 3.94. The fourth-order valence-electron chi connectivity index (χ4n) is 2.79. The highest BCUT2D eigenvalue weighted by Crippen LogP contribution is 2.36. The standard InChI is InChI=1S/C18H10N2O6/c21-16(13-3-1-7-25-13)15-11-6-5-10(19-24)9-12(11)20(18(15)23)17(22)14-4-2-8-26-14/h1-9,23H. The molecule has 0 radical (unpaired) electrons. The first kappa shape index (κ1) is 15.6. The third-order valence-electron chi connectivity index (χ3n) is 3.94. The van der Waals surface area contributed by atoms with Crippen LogP contribution in [0.15, 0.2) is 69.0 Å². The van der Waals surface area contributed by atoms with Crippen LogP contribution in [0.2, 0.25) is 0 Å². The predicted octanol–water partition coefficient (Wildman–Crippen LogP) is 3.85. The zero-order valence-electron chi connectivity index (χ0n) is 13.1. The van der Waals surface area contributed by atoms with Gasteiger partial charge in [-0.2, -0.15) is 0 Å². The molecule has 128 valence electrons. The van der Waals surface area contributed by atoms with Crippen LogP contribution < -0.4 is 0 Å². The number of ketones is 1. The van der Waals surface area contributed by atoms with Crippen molar-refractivity contribution < 1.29 is 23.5 Å². The van der Waals surface area contributed by atoms with E-state index in [1.54, 1.807) is 0 Å². The summed E-state index contributed by atoms with van der Waals surface area (Å²) in [7, 11) is 0. The summed E-state index contributed by atoms with van der Waals surface area (Å²) in [5.41, 5.74) is 0.0729. The van der Waals surface area contributed by atoms with Crippen molar-refractivity contribution in [1.29, 1.82) is 0 Å². The van der Waals surface area contributed by atoms with Crippen LogP contribution >= 0.6 is 0 Å². The molecule has 1 N–H and O–H groups in total. The number of carbonyl (C=O) groups is 2. The lowest BCUT2D eigenvalue weighted by Gasteiger charge is -2.03. The van der Waals surface area contributed by atoms with E-state index in [1.165, 1.54) is 55.0 Å². The first-order valence-corrected chi connectivity index (χ1v) is 7.49. The van der Waals surface area contributed by atoms with Crippen LogP contribution in [-0.2, 0) is 0 Å². The molecule has 0 spiro atoms. The Bertz CT molecular complexity index is 1140. The molecule has 3 aromatic heterocycles. The Morgan fingerprint density at radius 1 is 1.00 bits per heavy atom. The maximum atomic E-state index is 12.7. The Balaban J connectivity index is 2.01. The molecule has 0 aliphatic heterocycles. The van der Waals surface area contributed by atoms with Crippen LogP contribution in [0.25, 0.3) is 10.9 Å². The monoisotopic (exact) mass is 350 g/mol. The molecule has 0 bridgehead atoms. The summed E-state index contributed by atoms with van der Waals surface area (Å²) in [6.07, 6.45) is 2.63. The van der Waals surface area contributed by atoms with E-state index in [-0.39, 0.29) is 33.7 Å². The summed E-state index contributed by atoms with van der Waals surface area (Å²) in [4.78, 5) is 36.3. The molecule has 0 saturated carbocycles. The van der Waals surface area contributed by atoms with Gasteiger partial charge in [-0.3, -0.25) is 9.59 Å². The number of aromatic nitrogens is 1. The van der Waals surface area contributed by atoms with Crippen molar-refractivity contribution in [2.24, 2.45) is 5.18 Å². The number of nitroso groups, excluding NO2 is 1. The summed E-state index contributed by atoms with van der Waals surface area (Å²) >= 11 is 0. The quantitative estimate of drug-likeness (QED) is 0.441. The summed E-state index contributed by atoms with van der Waals surface area (Å²) in [6.45, 7) is 0. The fraction of sp³-hybridized carbons (Fsp3) is 0. The van der Waals surface area contributed by atoms with Crippen molar-refractivity contribution in [3.05, 3.63) is 77.0 Å². The molecule has 4 aromatic rings. The van der Waals surface area contributed by atoms with Gasteiger partial charge in [-0.25, -0.2) is 4.57 Å². The van der Waals surface area contributed by atoms with Gasteiger partial charge < -0.3 is 13.9 Å². The SMILES string of the molecule is O=Nc1ccc2c(C(=O)c3ccco3)c(O)n(C(=O)c3ccco3)c2c1. The second-order valence-corrected chi connectivity index (χ2v) is 5.42. The fourth-order valence-corrected chi connectivity index (χ4v) is 2.79. The molecule has 8 heteroatoms. The van der Waals surface area contributed by atoms with Gasteiger partial charge in [0.05, 0.1) is 23.6 Å². The summed E-state index contributed by atoms with van der Waals surface area (Å²) in [6, 6.07) is 10.0. The molecular weight excluding hydrogens is 340 g/mol. The van der Waals surface area contributed by atoms with Gasteiger partial charge in [0.1, 0.15) is 5.69 Å². The molecule has 0 unspecified atom stereocenters. The normalized spacial score (nSPS) is 10.9. The molecule has 0 saturated heterocycles. The minimum atomic E-state index is -0.695. The molecule has 26 heavy (non-hydrogen) atoms. The maximum absolute atomic E-state index is 12.7. The number of nitrogens with zero attached hydrogens (tertiary/aromatic N) is 2. The highest BCUT2D eigenvalue weighted by Gasteiger charge is 2.29. The van der Waals surface area contributed by atoms with E-state index in [1.807, 2.05) is 0 Å². The molecule has 0 aliphatic rings. The van der Waals surface area contributed by atoms with Gasteiger partial charge in [-0.15, -0.1) is 4.91 Å². The zero-order valence-corrected chi connectivity index (χ0v) is 13.1. The third kappa shape index (κ3) is 2.24. The largest absolute Gasteiger partial charge is 0.494 e. The van der Waals surface area contributed by atoms with Gasteiger partial charge >= 0.3 is 5.91 Å². The van der Waals surface area contributed by atoms with Crippen LogP contribution in [-0.4, -0.2) is 21.4 Å². The van der Waals surface area contributed by atoms with Gasteiger partial charge in [0.25, 0.3) is 0 Å². The molecule has 0 aliphatic carbocycles. The number of aromatic hydroxyl groups is 1. The van der Waals surface area contributed by atoms with E-state index in [9.17, 15) is 19.6 Å². The van der Waals surface area contributed by atoms with E-state index >= 15 is 0 Å². The van der Waals surface area contributed by atoms with Crippen LogP contribution in [0.5, 0.6) is 5.88 Å². The highest BCUT2D eigenvalue weighted by atomic mass is 16.3. The highest BCUT2D eigenvalue weighted by molar-refractivity contribution is 6.19. The first-order valence-electron chi connectivity index (χ1n) is 7.49. The smallest absolute Gasteiger partial charge is 0.300 e. The average Bonchev–Trinajstić information content (AvgIpc) is 3.39. The van der Waals surface area contributed by atoms with E-state index in [4.69, 9.17) is 8.83 Å². The topological polar surface area (TPSA) is 115 Å². The number of hydrogen-bond donors (Lipinski definition) is 1. The van der Waals surface area contributed by atoms with E-state index < -0.39 is 17.6 Å².